The summed E-state index contributed by atoms with van der Waals surface area (Å²) in [5, 5.41) is 16.3. The van der Waals surface area contributed by atoms with Gasteiger partial charge in [0.1, 0.15) is 10.3 Å². The molecule has 0 atom stereocenters. The first-order valence-electron chi connectivity index (χ1n) is 7.62. The molecule has 0 spiro atoms. The Morgan fingerprint density at radius 2 is 2.19 bits per heavy atom. The number of anilines is 1. The molecule has 0 fully saturated rings. The summed E-state index contributed by atoms with van der Waals surface area (Å²) in [5.74, 6) is -0.215. The first kappa shape index (κ1) is 18.8. The van der Waals surface area contributed by atoms with E-state index in [0.29, 0.717) is 38.5 Å². The standard InChI is InChI=1S/C18H11BrClN5O2/c1-10-5-11(8-21)6-12(9-26)16(10)23-18(27)14-7-15(19)24-25(14)17-13(20)3-2-4-22-17/h2-7,9H,1H3,(H,23,27). The summed E-state index contributed by atoms with van der Waals surface area (Å²) in [6.45, 7) is 1.70. The highest BCUT2D eigenvalue weighted by molar-refractivity contribution is 9.10. The number of aldehydes is 1. The lowest BCUT2D eigenvalue weighted by atomic mass is 10.0. The largest absolute Gasteiger partial charge is 0.320 e. The normalized spacial score (nSPS) is 10.3. The summed E-state index contributed by atoms with van der Waals surface area (Å²) < 4.78 is 1.72. The third kappa shape index (κ3) is 3.74. The van der Waals surface area contributed by atoms with Gasteiger partial charge in [-0.1, -0.05) is 11.6 Å². The maximum Gasteiger partial charge on any atom is 0.274 e. The van der Waals surface area contributed by atoms with Crippen LogP contribution < -0.4 is 5.32 Å². The number of nitriles is 1. The van der Waals surface area contributed by atoms with Gasteiger partial charge in [-0.25, -0.2) is 9.67 Å². The van der Waals surface area contributed by atoms with E-state index < -0.39 is 5.91 Å². The number of carbonyl (C=O) groups excluding carboxylic acids is 2. The molecular weight excluding hydrogens is 434 g/mol. The Labute approximate surface area is 167 Å². The number of halogens is 2. The zero-order valence-electron chi connectivity index (χ0n) is 13.9. The molecule has 9 heteroatoms. The van der Waals surface area contributed by atoms with Gasteiger partial charge in [0.05, 0.1) is 22.3 Å². The van der Waals surface area contributed by atoms with Crippen molar-refractivity contribution in [3.05, 3.63) is 68.5 Å². The molecule has 1 amide bonds. The van der Waals surface area contributed by atoms with Crippen LogP contribution in [0.25, 0.3) is 5.82 Å². The van der Waals surface area contributed by atoms with Crippen molar-refractivity contribution in [2.75, 3.05) is 5.32 Å². The number of rotatable bonds is 4. The molecule has 0 aliphatic heterocycles. The van der Waals surface area contributed by atoms with E-state index in [1.807, 2.05) is 6.07 Å². The average Bonchev–Trinajstić information content (AvgIpc) is 3.05. The van der Waals surface area contributed by atoms with Crippen LogP contribution in [0.5, 0.6) is 0 Å². The highest BCUT2D eigenvalue weighted by Crippen LogP contribution is 2.25. The molecule has 0 radical (unpaired) electrons. The van der Waals surface area contributed by atoms with Gasteiger partial charge in [-0.15, -0.1) is 0 Å². The van der Waals surface area contributed by atoms with Crippen molar-refractivity contribution in [1.82, 2.24) is 14.8 Å². The Morgan fingerprint density at radius 3 is 2.85 bits per heavy atom. The molecule has 0 unspecified atom stereocenters. The number of nitrogens with zero attached hydrogens (tertiary/aromatic N) is 4. The molecular formula is C18H11BrClN5O2. The van der Waals surface area contributed by atoms with Crippen LogP contribution in [0.4, 0.5) is 5.69 Å². The minimum atomic E-state index is -0.508. The molecule has 0 saturated carbocycles. The number of hydrogen-bond donors (Lipinski definition) is 1. The van der Waals surface area contributed by atoms with Gasteiger partial charge in [-0.2, -0.15) is 10.4 Å². The maximum atomic E-state index is 12.9. The van der Waals surface area contributed by atoms with E-state index in [-0.39, 0.29) is 11.3 Å². The molecule has 0 aliphatic carbocycles. The van der Waals surface area contributed by atoms with Gasteiger partial charge in [0.15, 0.2) is 12.1 Å². The molecule has 3 aromatic rings. The van der Waals surface area contributed by atoms with Crippen LogP contribution in [0.15, 0.2) is 41.1 Å². The van der Waals surface area contributed by atoms with Crippen molar-refractivity contribution < 1.29 is 9.59 Å². The molecule has 0 bridgehead atoms. The molecule has 1 N–H and O–H groups in total. The van der Waals surface area contributed by atoms with E-state index in [1.165, 1.54) is 23.0 Å². The van der Waals surface area contributed by atoms with E-state index in [0.717, 1.165) is 0 Å². The second kappa shape index (κ2) is 7.70. The second-order valence-electron chi connectivity index (χ2n) is 5.51. The van der Waals surface area contributed by atoms with Crippen molar-refractivity contribution in [3.63, 3.8) is 0 Å². The second-order valence-corrected chi connectivity index (χ2v) is 6.73. The fraction of sp³-hybridized carbons (Fsp3) is 0.0556. The average molecular weight is 445 g/mol. The molecule has 0 aliphatic rings. The Kier molecular flexibility index (Phi) is 5.35. The smallest absolute Gasteiger partial charge is 0.274 e. The summed E-state index contributed by atoms with van der Waals surface area (Å²) in [7, 11) is 0. The minimum absolute atomic E-state index is 0.170. The number of benzene rings is 1. The minimum Gasteiger partial charge on any atom is -0.320 e. The van der Waals surface area contributed by atoms with Crippen LogP contribution in [-0.4, -0.2) is 27.0 Å². The van der Waals surface area contributed by atoms with E-state index in [2.05, 4.69) is 31.3 Å². The van der Waals surface area contributed by atoms with Gasteiger partial charge in [0, 0.05) is 17.8 Å². The zero-order chi connectivity index (χ0) is 19.6. The Hall–Kier alpha value is -3.02. The topological polar surface area (TPSA) is 101 Å². The van der Waals surface area contributed by atoms with Crippen molar-refractivity contribution in [3.8, 4) is 11.9 Å². The molecule has 134 valence electrons. The van der Waals surface area contributed by atoms with Crippen LogP contribution >= 0.6 is 27.5 Å². The van der Waals surface area contributed by atoms with Gasteiger partial charge in [0.2, 0.25) is 0 Å². The summed E-state index contributed by atoms with van der Waals surface area (Å²) >= 11 is 9.41. The van der Waals surface area contributed by atoms with Crippen LogP contribution in [0, 0.1) is 18.3 Å². The quantitative estimate of drug-likeness (QED) is 0.615. The Bertz CT molecular complexity index is 1100. The first-order valence-corrected chi connectivity index (χ1v) is 8.79. The molecule has 2 aromatic heterocycles. The highest BCUT2D eigenvalue weighted by Gasteiger charge is 2.20. The molecule has 7 nitrogen and oxygen atoms in total. The number of pyridine rings is 1. The van der Waals surface area contributed by atoms with Crippen molar-refractivity contribution in [1.29, 1.82) is 5.26 Å². The van der Waals surface area contributed by atoms with E-state index in [1.54, 1.807) is 25.1 Å². The Morgan fingerprint density at radius 1 is 1.41 bits per heavy atom. The predicted octanol–water partition coefficient (Wildman–Crippen LogP) is 3.93. The number of nitrogens with one attached hydrogen (secondary N) is 1. The lowest BCUT2D eigenvalue weighted by molar-refractivity contribution is 0.101. The lowest BCUT2D eigenvalue weighted by Gasteiger charge is -2.12. The fourth-order valence-corrected chi connectivity index (χ4v) is 3.11. The zero-order valence-corrected chi connectivity index (χ0v) is 16.2. The maximum absolute atomic E-state index is 12.9. The van der Waals surface area contributed by atoms with Gasteiger partial charge in [-0.05, 0) is 52.7 Å². The van der Waals surface area contributed by atoms with Crippen LogP contribution in [0.2, 0.25) is 5.02 Å². The van der Waals surface area contributed by atoms with Crippen LogP contribution in [0.1, 0.15) is 32.0 Å². The van der Waals surface area contributed by atoms with Crippen LogP contribution in [0.3, 0.4) is 0 Å². The monoisotopic (exact) mass is 443 g/mol. The SMILES string of the molecule is Cc1cc(C#N)cc(C=O)c1NC(=O)c1cc(Br)nn1-c1ncccc1Cl. The highest BCUT2D eigenvalue weighted by atomic mass is 79.9. The van der Waals surface area contributed by atoms with Gasteiger partial charge >= 0.3 is 0 Å². The molecule has 2 heterocycles. The third-order valence-corrected chi connectivity index (χ3v) is 4.40. The summed E-state index contributed by atoms with van der Waals surface area (Å²) in [4.78, 5) is 28.4. The van der Waals surface area contributed by atoms with Gasteiger partial charge in [-0.3, -0.25) is 9.59 Å². The van der Waals surface area contributed by atoms with E-state index in [9.17, 15) is 9.59 Å². The summed E-state index contributed by atoms with van der Waals surface area (Å²) in [6, 6.07) is 9.80. The number of aromatic nitrogens is 3. The Balaban J connectivity index is 2.04. The van der Waals surface area contributed by atoms with Gasteiger partial charge < -0.3 is 5.32 Å². The number of aryl methyl sites for hydroxylation is 1. The fourth-order valence-electron chi connectivity index (χ4n) is 2.53. The van der Waals surface area contributed by atoms with Crippen molar-refractivity contribution >= 4 is 45.4 Å². The predicted molar refractivity (Wildman–Crippen MR) is 103 cm³/mol. The van der Waals surface area contributed by atoms with Gasteiger partial charge in [0.25, 0.3) is 5.91 Å². The van der Waals surface area contributed by atoms with Crippen LogP contribution in [-0.2, 0) is 0 Å². The molecule has 1 aromatic carbocycles. The number of carbonyl (C=O) groups is 2. The number of hydrogen-bond acceptors (Lipinski definition) is 5. The van der Waals surface area contributed by atoms with E-state index in [4.69, 9.17) is 16.9 Å². The van der Waals surface area contributed by atoms with Crippen molar-refractivity contribution in [2.45, 2.75) is 6.92 Å². The number of amides is 1. The first-order chi connectivity index (χ1) is 12.9. The summed E-state index contributed by atoms with van der Waals surface area (Å²) in [6.07, 6.45) is 2.13. The van der Waals surface area contributed by atoms with E-state index >= 15 is 0 Å². The lowest BCUT2D eigenvalue weighted by Crippen LogP contribution is -2.19. The van der Waals surface area contributed by atoms with Crippen molar-refractivity contribution in [2.24, 2.45) is 0 Å². The third-order valence-electron chi connectivity index (χ3n) is 3.71. The summed E-state index contributed by atoms with van der Waals surface area (Å²) in [5.41, 5.74) is 1.63. The molecule has 0 saturated heterocycles. The molecule has 3 rings (SSSR count). The molecule has 27 heavy (non-hydrogen) atoms.